The van der Waals surface area contributed by atoms with Crippen LogP contribution in [0.1, 0.15) is 11.1 Å². The summed E-state index contributed by atoms with van der Waals surface area (Å²) in [6, 6.07) is 7.19. The van der Waals surface area contributed by atoms with Gasteiger partial charge >= 0.3 is 0 Å². The van der Waals surface area contributed by atoms with Crippen LogP contribution in [0.3, 0.4) is 0 Å². The van der Waals surface area contributed by atoms with Gasteiger partial charge in [-0.15, -0.1) is 0 Å². The Morgan fingerprint density at radius 3 is 2.65 bits per heavy atom. The second-order valence-corrected chi connectivity index (χ2v) is 5.07. The lowest BCUT2D eigenvalue weighted by Gasteiger charge is -2.14. The van der Waals surface area contributed by atoms with E-state index in [1.165, 1.54) is 11.0 Å². The molecule has 1 N–H and O–H groups in total. The number of rotatable bonds is 5. The summed E-state index contributed by atoms with van der Waals surface area (Å²) in [5.41, 5.74) is 1.87. The molecule has 0 saturated carbocycles. The second-order valence-electron chi connectivity index (χ2n) is 5.07. The smallest absolute Gasteiger partial charge is 0.246 e. The Morgan fingerprint density at radius 1 is 1.22 bits per heavy atom. The summed E-state index contributed by atoms with van der Waals surface area (Å²) in [5, 5.41) is 2.67. The Labute approximate surface area is 134 Å². The van der Waals surface area contributed by atoms with Gasteiger partial charge in [0.05, 0.1) is 6.54 Å². The van der Waals surface area contributed by atoms with Crippen molar-refractivity contribution < 1.29 is 9.59 Å². The van der Waals surface area contributed by atoms with Gasteiger partial charge in [0.25, 0.3) is 0 Å². The maximum atomic E-state index is 12.0. The van der Waals surface area contributed by atoms with E-state index in [0.29, 0.717) is 5.82 Å². The fourth-order valence-electron chi connectivity index (χ4n) is 1.85. The topological polar surface area (TPSA) is 75.2 Å². The van der Waals surface area contributed by atoms with E-state index in [1.54, 1.807) is 49.9 Å². The number of pyridine rings is 2. The van der Waals surface area contributed by atoms with Crippen molar-refractivity contribution in [3.63, 3.8) is 0 Å². The predicted molar refractivity (Wildman–Crippen MR) is 88.5 cm³/mol. The van der Waals surface area contributed by atoms with Crippen molar-refractivity contribution in [2.75, 3.05) is 18.9 Å². The van der Waals surface area contributed by atoms with Crippen LogP contribution in [0.15, 0.2) is 48.9 Å². The van der Waals surface area contributed by atoms with Gasteiger partial charge in [-0.3, -0.25) is 14.6 Å². The first-order valence-electron chi connectivity index (χ1n) is 7.10. The van der Waals surface area contributed by atoms with Gasteiger partial charge in [0.15, 0.2) is 0 Å². The number of aryl methyl sites for hydroxylation is 1. The Balaban J connectivity index is 1.88. The SMILES string of the molecule is Cc1ccnc(NC(=O)CN(C)C(=O)/C=C\c2ccncc2)c1. The van der Waals surface area contributed by atoms with Crippen molar-refractivity contribution in [2.45, 2.75) is 6.92 Å². The molecule has 0 fully saturated rings. The monoisotopic (exact) mass is 310 g/mol. The molecule has 0 bridgehead atoms. The molecule has 6 heteroatoms. The molecule has 0 spiro atoms. The van der Waals surface area contributed by atoms with E-state index in [4.69, 9.17) is 0 Å². The van der Waals surface area contributed by atoms with Crippen molar-refractivity contribution in [1.29, 1.82) is 0 Å². The summed E-state index contributed by atoms with van der Waals surface area (Å²) in [4.78, 5) is 33.2. The van der Waals surface area contributed by atoms with Gasteiger partial charge in [0.1, 0.15) is 5.82 Å². The van der Waals surface area contributed by atoms with E-state index in [9.17, 15) is 9.59 Å². The molecule has 0 aromatic carbocycles. The summed E-state index contributed by atoms with van der Waals surface area (Å²) in [5.74, 6) is -0.0754. The van der Waals surface area contributed by atoms with Gasteiger partial charge in [-0.05, 0) is 48.4 Å². The number of hydrogen-bond donors (Lipinski definition) is 1. The number of carbonyl (C=O) groups is 2. The fourth-order valence-corrected chi connectivity index (χ4v) is 1.85. The van der Waals surface area contributed by atoms with Crippen LogP contribution in [0.4, 0.5) is 5.82 Å². The summed E-state index contributed by atoms with van der Waals surface area (Å²) >= 11 is 0. The molecule has 23 heavy (non-hydrogen) atoms. The van der Waals surface area contributed by atoms with Crippen LogP contribution in [0.2, 0.25) is 0 Å². The molecule has 2 heterocycles. The molecule has 118 valence electrons. The molecule has 0 aliphatic rings. The van der Waals surface area contributed by atoms with E-state index in [1.807, 2.05) is 13.0 Å². The minimum absolute atomic E-state index is 0.0465. The Hall–Kier alpha value is -3.02. The summed E-state index contributed by atoms with van der Waals surface area (Å²) in [6.45, 7) is 1.87. The maximum absolute atomic E-state index is 12.0. The van der Waals surface area contributed by atoms with Gasteiger partial charge in [-0.2, -0.15) is 0 Å². The highest BCUT2D eigenvalue weighted by molar-refractivity contribution is 5.97. The Morgan fingerprint density at radius 2 is 1.96 bits per heavy atom. The van der Waals surface area contributed by atoms with E-state index in [2.05, 4.69) is 15.3 Å². The number of nitrogens with zero attached hydrogens (tertiary/aromatic N) is 3. The summed E-state index contributed by atoms with van der Waals surface area (Å²) in [7, 11) is 1.57. The molecule has 2 amide bonds. The normalized spacial score (nSPS) is 10.5. The average Bonchev–Trinajstić information content (AvgIpc) is 2.53. The second kappa shape index (κ2) is 7.84. The zero-order valence-electron chi connectivity index (χ0n) is 13.1. The quantitative estimate of drug-likeness (QED) is 0.856. The molecule has 0 atom stereocenters. The highest BCUT2D eigenvalue weighted by atomic mass is 16.2. The highest BCUT2D eigenvalue weighted by Crippen LogP contribution is 2.05. The minimum atomic E-state index is -0.295. The standard InChI is InChI=1S/C17H18N4O2/c1-13-5-10-19-15(11-13)20-16(22)12-21(2)17(23)4-3-14-6-8-18-9-7-14/h3-11H,12H2,1-2H3,(H,19,20,22)/b4-3-. The third-order valence-corrected chi connectivity index (χ3v) is 3.06. The van der Waals surface area contributed by atoms with Crippen LogP contribution in [-0.4, -0.2) is 40.3 Å². The van der Waals surface area contributed by atoms with Crippen LogP contribution >= 0.6 is 0 Å². The number of carbonyl (C=O) groups excluding carboxylic acids is 2. The lowest BCUT2D eigenvalue weighted by Crippen LogP contribution is -2.34. The predicted octanol–water partition coefficient (Wildman–Crippen LogP) is 1.90. The van der Waals surface area contributed by atoms with E-state index < -0.39 is 0 Å². The molecule has 0 aliphatic heterocycles. The molecule has 2 aromatic rings. The average molecular weight is 310 g/mol. The number of nitrogens with one attached hydrogen (secondary N) is 1. The van der Waals surface area contributed by atoms with Crippen molar-refractivity contribution in [3.8, 4) is 0 Å². The molecule has 2 aromatic heterocycles. The zero-order valence-corrected chi connectivity index (χ0v) is 13.1. The summed E-state index contributed by atoms with van der Waals surface area (Å²) < 4.78 is 0. The van der Waals surface area contributed by atoms with Crippen LogP contribution in [0.5, 0.6) is 0 Å². The first kappa shape index (κ1) is 16.4. The first-order chi connectivity index (χ1) is 11.0. The third-order valence-electron chi connectivity index (χ3n) is 3.06. The number of aromatic nitrogens is 2. The molecular formula is C17H18N4O2. The van der Waals surface area contributed by atoms with E-state index in [-0.39, 0.29) is 18.4 Å². The Bertz CT molecular complexity index is 714. The van der Waals surface area contributed by atoms with Crippen LogP contribution in [0.25, 0.3) is 6.08 Å². The lowest BCUT2D eigenvalue weighted by molar-refractivity contribution is -0.129. The van der Waals surface area contributed by atoms with Crippen molar-refractivity contribution >= 4 is 23.7 Å². The number of likely N-dealkylation sites (N-methyl/N-ethyl adjacent to an activating group) is 1. The van der Waals surface area contributed by atoms with Gasteiger partial charge in [0, 0.05) is 31.7 Å². The number of hydrogen-bond acceptors (Lipinski definition) is 4. The molecule has 2 rings (SSSR count). The van der Waals surface area contributed by atoms with Gasteiger partial charge in [0.2, 0.25) is 11.8 Å². The fraction of sp³-hybridized carbons (Fsp3) is 0.176. The van der Waals surface area contributed by atoms with Gasteiger partial charge in [-0.1, -0.05) is 0 Å². The van der Waals surface area contributed by atoms with Crippen molar-refractivity contribution in [1.82, 2.24) is 14.9 Å². The lowest BCUT2D eigenvalue weighted by atomic mass is 10.2. The zero-order chi connectivity index (χ0) is 16.7. The molecule has 0 aliphatic carbocycles. The maximum Gasteiger partial charge on any atom is 0.246 e. The number of amides is 2. The van der Waals surface area contributed by atoms with Crippen LogP contribution < -0.4 is 5.32 Å². The molecular weight excluding hydrogens is 292 g/mol. The third kappa shape index (κ3) is 5.35. The summed E-state index contributed by atoms with van der Waals surface area (Å²) in [6.07, 6.45) is 8.03. The molecule has 0 radical (unpaired) electrons. The van der Waals surface area contributed by atoms with Crippen LogP contribution in [-0.2, 0) is 9.59 Å². The molecule has 6 nitrogen and oxygen atoms in total. The van der Waals surface area contributed by atoms with Crippen molar-refractivity contribution in [3.05, 3.63) is 60.1 Å². The first-order valence-corrected chi connectivity index (χ1v) is 7.10. The Kier molecular flexibility index (Phi) is 5.57. The molecule has 0 saturated heterocycles. The van der Waals surface area contributed by atoms with Gasteiger partial charge < -0.3 is 10.2 Å². The van der Waals surface area contributed by atoms with Crippen LogP contribution in [0, 0.1) is 6.92 Å². The van der Waals surface area contributed by atoms with E-state index in [0.717, 1.165) is 11.1 Å². The molecule has 0 unspecified atom stereocenters. The van der Waals surface area contributed by atoms with Crippen molar-refractivity contribution in [2.24, 2.45) is 0 Å². The number of anilines is 1. The highest BCUT2D eigenvalue weighted by Gasteiger charge is 2.11. The minimum Gasteiger partial charge on any atom is -0.333 e. The largest absolute Gasteiger partial charge is 0.333 e. The van der Waals surface area contributed by atoms with E-state index >= 15 is 0 Å². The van der Waals surface area contributed by atoms with Gasteiger partial charge in [-0.25, -0.2) is 4.98 Å².